The van der Waals surface area contributed by atoms with Crippen molar-refractivity contribution in [2.75, 3.05) is 13.2 Å². The highest BCUT2D eigenvalue weighted by atomic mass is 16.5. The first kappa shape index (κ1) is 16.6. The molecule has 0 N–H and O–H groups in total. The Bertz CT molecular complexity index is 414. The number of carbonyl (C=O) groups excluding carboxylic acids is 4. The van der Waals surface area contributed by atoms with Gasteiger partial charge in [-0.1, -0.05) is 0 Å². The third-order valence-corrected chi connectivity index (χ3v) is 4.22. The van der Waals surface area contributed by atoms with Crippen molar-refractivity contribution in [3.05, 3.63) is 0 Å². The second-order valence-corrected chi connectivity index (χ2v) is 6.16. The molecule has 0 saturated carbocycles. The lowest BCUT2D eigenvalue weighted by atomic mass is 9.96. The van der Waals surface area contributed by atoms with Gasteiger partial charge >= 0.3 is 11.9 Å². The maximum absolute atomic E-state index is 11.7. The quantitative estimate of drug-likeness (QED) is 0.601. The van der Waals surface area contributed by atoms with E-state index in [0.29, 0.717) is 51.7 Å². The Kier molecular flexibility index (Phi) is 6.10. The Morgan fingerprint density at radius 2 is 1.18 bits per heavy atom. The zero-order chi connectivity index (χ0) is 15.9. The molecule has 0 radical (unpaired) electrons. The lowest BCUT2D eigenvalue weighted by Gasteiger charge is -2.06. The zero-order valence-electron chi connectivity index (χ0n) is 12.7. The van der Waals surface area contributed by atoms with E-state index >= 15 is 0 Å². The predicted molar refractivity (Wildman–Crippen MR) is 75.8 cm³/mol. The summed E-state index contributed by atoms with van der Waals surface area (Å²) < 4.78 is 9.69. The average molecular weight is 310 g/mol. The SMILES string of the molecule is O=C(CCC(=O)CCC1COC(=O)C1)CCC1COC(=O)C1. The molecule has 0 aromatic rings. The summed E-state index contributed by atoms with van der Waals surface area (Å²) in [6.45, 7) is 0.820. The first-order valence-electron chi connectivity index (χ1n) is 7.87. The summed E-state index contributed by atoms with van der Waals surface area (Å²) in [5.74, 6) is 0.0299. The highest BCUT2D eigenvalue weighted by Crippen LogP contribution is 2.21. The van der Waals surface area contributed by atoms with Crippen molar-refractivity contribution < 1.29 is 28.7 Å². The van der Waals surface area contributed by atoms with Crippen LogP contribution in [0.4, 0.5) is 0 Å². The Labute approximate surface area is 129 Å². The van der Waals surface area contributed by atoms with E-state index in [1.807, 2.05) is 0 Å². The molecule has 122 valence electrons. The van der Waals surface area contributed by atoms with E-state index in [-0.39, 0.29) is 48.2 Å². The van der Waals surface area contributed by atoms with Gasteiger partial charge in [0.05, 0.1) is 26.1 Å². The lowest BCUT2D eigenvalue weighted by molar-refractivity contribution is -0.138. The molecule has 2 aliphatic rings. The number of rotatable bonds is 9. The van der Waals surface area contributed by atoms with Gasteiger partial charge < -0.3 is 9.47 Å². The van der Waals surface area contributed by atoms with E-state index in [2.05, 4.69) is 0 Å². The van der Waals surface area contributed by atoms with Gasteiger partial charge in [-0.15, -0.1) is 0 Å². The van der Waals surface area contributed by atoms with Gasteiger partial charge in [-0.25, -0.2) is 0 Å². The van der Waals surface area contributed by atoms with Crippen LogP contribution < -0.4 is 0 Å². The molecule has 2 heterocycles. The molecular weight excluding hydrogens is 288 g/mol. The van der Waals surface area contributed by atoms with Gasteiger partial charge in [0.1, 0.15) is 11.6 Å². The smallest absolute Gasteiger partial charge is 0.306 e. The highest BCUT2D eigenvalue weighted by Gasteiger charge is 2.25. The van der Waals surface area contributed by atoms with Gasteiger partial charge in [-0.2, -0.15) is 0 Å². The standard InChI is InChI=1S/C16H22O6/c17-13(3-1-11-7-15(19)21-9-11)5-6-14(18)4-2-12-8-16(20)22-10-12/h11-12H,1-10H2. The Hall–Kier alpha value is -1.72. The summed E-state index contributed by atoms with van der Waals surface area (Å²) in [5.41, 5.74) is 0. The molecule has 2 aliphatic heterocycles. The van der Waals surface area contributed by atoms with Gasteiger partial charge in [0.25, 0.3) is 0 Å². The monoisotopic (exact) mass is 310 g/mol. The topological polar surface area (TPSA) is 86.7 Å². The summed E-state index contributed by atoms with van der Waals surface area (Å²) in [6.07, 6.45) is 3.43. The number of hydrogen-bond acceptors (Lipinski definition) is 6. The van der Waals surface area contributed by atoms with Crippen molar-refractivity contribution >= 4 is 23.5 Å². The molecule has 2 rings (SSSR count). The number of ether oxygens (including phenoxy) is 2. The molecule has 2 fully saturated rings. The minimum atomic E-state index is -0.193. The minimum absolute atomic E-state index is 0.0621. The van der Waals surface area contributed by atoms with Crippen molar-refractivity contribution in [3.8, 4) is 0 Å². The number of ketones is 2. The summed E-state index contributed by atoms with van der Waals surface area (Å²) in [5, 5.41) is 0. The summed E-state index contributed by atoms with van der Waals surface area (Å²) in [7, 11) is 0. The average Bonchev–Trinajstić information content (AvgIpc) is 3.09. The van der Waals surface area contributed by atoms with Gasteiger partial charge in [0.15, 0.2) is 0 Å². The van der Waals surface area contributed by atoms with Gasteiger partial charge in [0.2, 0.25) is 0 Å². The molecule has 2 saturated heterocycles. The summed E-state index contributed by atoms with van der Waals surface area (Å²) in [6, 6.07) is 0. The normalized spacial score (nSPS) is 24.2. The fourth-order valence-electron chi connectivity index (χ4n) is 2.76. The van der Waals surface area contributed by atoms with Crippen LogP contribution in [0.2, 0.25) is 0 Å². The van der Waals surface area contributed by atoms with Crippen molar-refractivity contribution in [3.63, 3.8) is 0 Å². The first-order chi connectivity index (χ1) is 10.5. The van der Waals surface area contributed by atoms with Gasteiger partial charge in [0, 0.05) is 37.5 Å². The molecule has 22 heavy (non-hydrogen) atoms. The van der Waals surface area contributed by atoms with Crippen molar-refractivity contribution in [2.45, 2.75) is 51.4 Å². The lowest BCUT2D eigenvalue weighted by Crippen LogP contribution is -2.09. The van der Waals surface area contributed by atoms with Crippen LogP contribution >= 0.6 is 0 Å². The van der Waals surface area contributed by atoms with Crippen molar-refractivity contribution in [2.24, 2.45) is 11.8 Å². The molecule has 0 spiro atoms. The van der Waals surface area contributed by atoms with E-state index < -0.39 is 0 Å². The fraction of sp³-hybridized carbons (Fsp3) is 0.750. The number of carbonyl (C=O) groups is 4. The third-order valence-electron chi connectivity index (χ3n) is 4.22. The molecule has 6 nitrogen and oxygen atoms in total. The Morgan fingerprint density at radius 3 is 1.50 bits per heavy atom. The van der Waals surface area contributed by atoms with Crippen LogP contribution in [0.25, 0.3) is 0 Å². The predicted octanol–water partition coefficient (Wildman–Crippen LogP) is 1.59. The van der Waals surface area contributed by atoms with Crippen molar-refractivity contribution in [1.29, 1.82) is 0 Å². The molecular formula is C16H22O6. The largest absolute Gasteiger partial charge is 0.465 e. The first-order valence-corrected chi connectivity index (χ1v) is 7.87. The van der Waals surface area contributed by atoms with Crippen LogP contribution in [0, 0.1) is 11.8 Å². The van der Waals surface area contributed by atoms with Crippen LogP contribution in [0.1, 0.15) is 51.4 Å². The summed E-state index contributed by atoms with van der Waals surface area (Å²) in [4.78, 5) is 45.4. The molecule has 0 aliphatic carbocycles. The number of cyclic esters (lactones) is 2. The third kappa shape index (κ3) is 5.58. The number of Topliss-reactive ketones (excluding diaryl/α,β-unsaturated/α-hetero) is 2. The Balaban J connectivity index is 1.52. The van der Waals surface area contributed by atoms with E-state index in [1.54, 1.807) is 0 Å². The number of hydrogen-bond donors (Lipinski definition) is 0. The maximum atomic E-state index is 11.7. The Morgan fingerprint density at radius 1 is 0.773 bits per heavy atom. The van der Waals surface area contributed by atoms with E-state index in [1.165, 1.54) is 0 Å². The van der Waals surface area contributed by atoms with Crippen molar-refractivity contribution in [1.82, 2.24) is 0 Å². The second-order valence-electron chi connectivity index (χ2n) is 6.16. The van der Waals surface area contributed by atoms with E-state index in [0.717, 1.165) is 0 Å². The van der Waals surface area contributed by atoms with Crippen LogP contribution in [0.15, 0.2) is 0 Å². The van der Waals surface area contributed by atoms with Crippen LogP contribution in [0.3, 0.4) is 0 Å². The highest BCUT2D eigenvalue weighted by molar-refractivity contribution is 5.86. The molecule has 0 aromatic carbocycles. The van der Waals surface area contributed by atoms with Crippen LogP contribution in [-0.4, -0.2) is 36.7 Å². The maximum Gasteiger partial charge on any atom is 0.306 e. The van der Waals surface area contributed by atoms with Crippen LogP contribution in [0.5, 0.6) is 0 Å². The fourth-order valence-corrected chi connectivity index (χ4v) is 2.76. The van der Waals surface area contributed by atoms with E-state index in [9.17, 15) is 19.2 Å². The van der Waals surface area contributed by atoms with Gasteiger partial charge in [-0.3, -0.25) is 19.2 Å². The van der Waals surface area contributed by atoms with E-state index in [4.69, 9.17) is 9.47 Å². The molecule has 2 atom stereocenters. The molecule has 2 unspecified atom stereocenters. The molecule has 0 bridgehead atoms. The molecule has 0 aromatic heterocycles. The second kappa shape index (κ2) is 8.06. The zero-order valence-corrected chi connectivity index (χ0v) is 12.7. The van der Waals surface area contributed by atoms with Crippen LogP contribution in [-0.2, 0) is 28.7 Å². The molecule has 0 amide bonds. The van der Waals surface area contributed by atoms with Gasteiger partial charge in [-0.05, 0) is 12.8 Å². The number of esters is 2. The summed E-state index contributed by atoms with van der Waals surface area (Å²) >= 11 is 0. The molecule has 6 heteroatoms. The minimum Gasteiger partial charge on any atom is -0.465 e.